The Kier molecular flexibility index (Phi) is 4.16. The number of aromatic nitrogens is 1. The van der Waals surface area contributed by atoms with Crippen molar-refractivity contribution in [2.45, 2.75) is 5.03 Å². The van der Waals surface area contributed by atoms with Gasteiger partial charge in [-0.15, -0.1) is 0 Å². The lowest BCUT2D eigenvalue weighted by Crippen LogP contribution is -2.04. The smallest absolute Gasteiger partial charge is 0.281 e. The quantitative estimate of drug-likeness (QED) is 0.501. The van der Waals surface area contributed by atoms with Crippen molar-refractivity contribution in [1.82, 2.24) is 4.98 Å². The molecule has 0 unspecified atom stereocenters. The van der Waals surface area contributed by atoms with E-state index >= 15 is 0 Å². The van der Waals surface area contributed by atoms with Crippen LogP contribution in [0.5, 0.6) is 0 Å². The molecule has 0 atom stereocenters. The zero-order chi connectivity index (χ0) is 11.1. The predicted molar refractivity (Wildman–Crippen MR) is 64.9 cm³/mol. The molecular weight excluding hydrogens is 474 g/mol. The van der Waals surface area contributed by atoms with Gasteiger partial charge in [-0.1, -0.05) is 0 Å². The summed E-state index contributed by atoms with van der Waals surface area (Å²) >= 11 is 12.3. The Morgan fingerprint density at radius 3 is 1.93 bits per heavy atom. The summed E-state index contributed by atoms with van der Waals surface area (Å²) in [7, 11) is -4.33. The number of nitrogens with zero attached hydrogens (tertiary/aromatic N) is 1. The molecule has 1 N–H and O–H groups in total. The van der Waals surface area contributed by atoms with Gasteiger partial charge in [-0.2, -0.15) is 8.42 Å². The van der Waals surface area contributed by atoms with E-state index in [9.17, 15) is 8.42 Å². The minimum atomic E-state index is -4.33. The second-order valence-corrected chi connectivity index (χ2v) is 6.59. The molecule has 0 spiro atoms. The first-order valence-corrected chi connectivity index (χ1v) is 7.54. The Labute approximate surface area is 114 Å². The van der Waals surface area contributed by atoms with Gasteiger partial charge >= 0.3 is 10.1 Å². The average Bonchev–Trinajstić information content (AvgIpc) is 2.06. The van der Waals surface area contributed by atoms with Crippen LogP contribution in [0.1, 0.15) is 0 Å². The molecule has 0 amide bonds. The number of rotatable bonds is 1. The normalized spacial score (nSPS) is 11.8. The van der Waals surface area contributed by atoms with Crippen molar-refractivity contribution >= 4 is 73.8 Å². The minimum absolute atomic E-state index is 0.162. The van der Waals surface area contributed by atoms with Crippen LogP contribution in [0.3, 0.4) is 0 Å². The van der Waals surface area contributed by atoms with Crippen LogP contribution in [-0.4, -0.2) is 18.0 Å². The van der Waals surface area contributed by atoms with Crippen molar-refractivity contribution in [2.24, 2.45) is 0 Å². The van der Waals surface area contributed by atoms with E-state index in [0.717, 1.165) is 0 Å². The van der Waals surface area contributed by atoms with Crippen LogP contribution in [0, 0.1) is 0 Å². The van der Waals surface area contributed by atoms with Crippen LogP contribution in [0.4, 0.5) is 0 Å². The molecule has 1 aromatic rings. The third-order valence-corrected chi connectivity index (χ3v) is 6.75. The highest BCUT2D eigenvalue weighted by Crippen LogP contribution is 2.38. The Hall–Kier alpha value is 0.980. The van der Waals surface area contributed by atoms with Crippen molar-refractivity contribution in [3.63, 3.8) is 0 Å². The summed E-state index contributed by atoms with van der Waals surface area (Å²) in [4.78, 5) is 3.66. The van der Waals surface area contributed by atoms with Gasteiger partial charge in [0, 0.05) is 0 Å². The lowest BCUT2D eigenvalue weighted by molar-refractivity contribution is 0.478. The molecule has 0 bridgehead atoms. The molecule has 0 aliphatic rings. The maximum atomic E-state index is 10.9. The van der Waals surface area contributed by atoms with Gasteiger partial charge in [0.05, 0.1) is 13.4 Å². The zero-order valence-electron chi connectivity index (χ0n) is 6.13. The van der Waals surface area contributed by atoms with Gasteiger partial charge in [-0.05, 0) is 63.7 Å². The average molecular weight is 475 g/mol. The summed E-state index contributed by atoms with van der Waals surface area (Å²) in [6.07, 6.45) is 0. The van der Waals surface area contributed by atoms with Gasteiger partial charge < -0.3 is 0 Å². The molecule has 0 fully saturated rings. The van der Waals surface area contributed by atoms with Crippen molar-refractivity contribution in [3.8, 4) is 0 Å². The number of halogens is 4. The first kappa shape index (κ1) is 13.0. The van der Waals surface area contributed by atoms with Gasteiger partial charge in [0.15, 0.2) is 5.03 Å². The molecule has 0 aliphatic heterocycles. The largest absolute Gasteiger partial charge is 0.313 e. The van der Waals surface area contributed by atoms with E-state index in [2.05, 4.69) is 68.7 Å². The topological polar surface area (TPSA) is 67.3 Å². The van der Waals surface area contributed by atoms with Crippen LogP contribution in [-0.2, 0) is 10.1 Å². The maximum Gasteiger partial charge on any atom is 0.313 e. The minimum Gasteiger partial charge on any atom is -0.281 e. The Morgan fingerprint density at radius 2 is 1.50 bits per heavy atom. The van der Waals surface area contributed by atoms with Gasteiger partial charge in [-0.3, -0.25) is 4.55 Å². The third-order valence-electron chi connectivity index (χ3n) is 1.20. The van der Waals surface area contributed by atoms with Gasteiger partial charge in [0.1, 0.15) is 4.60 Å². The summed E-state index contributed by atoms with van der Waals surface area (Å²) in [5.74, 6) is 0. The molecule has 78 valence electrons. The van der Waals surface area contributed by atoms with Crippen molar-refractivity contribution in [1.29, 1.82) is 0 Å². The maximum absolute atomic E-state index is 10.9. The number of hydrogen-bond donors (Lipinski definition) is 1. The fraction of sp³-hybridized carbons (Fsp3) is 0. The van der Waals surface area contributed by atoms with E-state index in [1.54, 1.807) is 0 Å². The second kappa shape index (κ2) is 4.46. The van der Waals surface area contributed by atoms with Crippen LogP contribution in [0.25, 0.3) is 0 Å². The van der Waals surface area contributed by atoms with E-state index in [4.69, 9.17) is 4.55 Å². The van der Waals surface area contributed by atoms with Crippen molar-refractivity contribution in [3.05, 3.63) is 18.0 Å². The first-order valence-electron chi connectivity index (χ1n) is 2.92. The van der Waals surface area contributed by atoms with Crippen LogP contribution < -0.4 is 0 Å². The molecule has 0 radical (unpaired) electrons. The van der Waals surface area contributed by atoms with E-state index < -0.39 is 15.1 Å². The van der Waals surface area contributed by atoms with Crippen molar-refractivity contribution in [2.75, 3.05) is 0 Å². The fourth-order valence-corrected chi connectivity index (χ4v) is 3.89. The van der Waals surface area contributed by atoms with Crippen LogP contribution >= 0.6 is 63.7 Å². The highest BCUT2D eigenvalue weighted by molar-refractivity contribution is 9.15. The molecular formula is C5HBr4NO3S. The summed E-state index contributed by atoms with van der Waals surface area (Å²) in [6.45, 7) is 0. The Bertz CT molecular complexity index is 486. The number of hydrogen-bond acceptors (Lipinski definition) is 3. The molecule has 1 aromatic heterocycles. The first-order chi connectivity index (χ1) is 6.25. The lowest BCUT2D eigenvalue weighted by Gasteiger charge is -2.05. The summed E-state index contributed by atoms with van der Waals surface area (Å²) < 4.78 is 32.0. The van der Waals surface area contributed by atoms with Gasteiger partial charge in [0.2, 0.25) is 0 Å². The molecule has 4 nitrogen and oxygen atoms in total. The van der Waals surface area contributed by atoms with Gasteiger partial charge in [0.25, 0.3) is 0 Å². The van der Waals surface area contributed by atoms with Crippen LogP contribution in [0.2, 0.25) is 0 Å². The molecule has 0 aliphatic carbocycles. The SMILES string of the molecule is O=S(=O)(O)c1nc(Br)c(Br)c(Br)c1Br. The van der Waals surface area contributed by atoms with E-state index in [1.807, 2.05) is 0 Å². The molecule has 9 heteroatoms. The zero-order valence-corrected chi connectivity index (χ0v) is 13.3. The molecule has 0 saturated heterocycles. The van der Waals surface area contributed by atoms with E-state index in [0.29, 0.717) is 8.95 Å². The van der Waals surface area contributed by atoms with Gasteiger partial charge in [-0.25, -0.2) is 4.98 Å². The molecule has 0 aromatic carbocycles. The summed E-state index contributed by atoms with van der Waals surface area (Å²) in [5.41, 5.74) is 0. The number of pyridine rings is 1. The lowest BCUT2D eigenvalue weighted by atomic mass is 10.5. The van der Waals surface area contributed by atoms with E-state index in [1.165, 1.54) is 0 Å². The fourth-order valence-electron chi connectivity index (χ4n) is 0.639. The predicted octanol–water partition coefficient (Wildman–Crippen LogP) is 3.38. The molecule has 1 heterocycles. The summed E-state index contributed by atoms with van der Waals surface area (Å²) in [5, 5.41) is -0.445. The standard InChI is InChI=1S/C5HBr4NO3S/c6-1-2(7)4(9)10-5(3(1)8)14(11,12)13/h(H,11,12,13). The highest BCUT2D eigenvalue weighted by Gasteiger charge is 2.22. The van der Waals surface area contributed by atoms with Crippen LogP contribution in [0.15, 0.2) is 23.0 Å². The highest BCUT2D eigenvalue weighted by atomic mass is 79.9. The van der Waals surface area contributed by atoms with E-state index in [-0.39, 0.29) is 9.08 Å². The molecule has 0 saturated carbocycles. The monoisotopic (exact) mass is 471 g/mol. The summed E-state index contributed by atoms with van der Waals surface area (Å²) in [6, 6.07) is 0. The molecule has 14 heavy (non-hydrogen) atoms. The third kappa shape index (κ3) is 2.56. The van der Waals surface area contributed by atoms with Crippen molar-refractivity contribution < 1.29 is 13.0 Å². The Morgan fingerprint density at radius 1 is 1.00 bits per heavy atom. The molecule has 1 rings (SSSR count). The second-order valence-electron chi connectivity index (χ2n) is 2.12. The Balaban J connectivity index is 3.66.